The third-order valence-electron chi connectivity index (χ3n) is 5.21. The maximum atomic E-state index is 12.7. The van der Waals surface area contributed by atoms with Gasteiger partial charge < -0.3 is 9.64 Å². The number of aromatic nitrogens is 3. The number of pyridine rings is 1. The number of ether oxygens (including phenoxy) is 1. The minimum absolute atomic E-state index is 0.125. The van der Waals surface area contributed by atoms with Gasteiger partial charge in [0.25, 0.3) is 0 Å². The molecule has 1 atom stereocenters. The van der Waals surface area contributed by atoms with Crippen LogP contribution in [0, 0.1) is 0 Å². The number of fused-ring (bicyclic) bond motifs is 1. The second kappa shape index (κ2) is 7.77. The van der Waals surface area contributed by atoms with Gasteiger partial charge in [-0.15, -0.1) is 5.10 Å². The van der Waals surface area contributed by atoms with Gasteiger partial charge in [0, 0.05) is 18.3 Å². The van der Waals surface area contributed by atoms with Crippen LogP contribution in [-0.2, 0) is 16.0 Å². The molecule has 0 N–H and O–H groups in total. The van der Waals surface area contributed by atoms with Crippen molar-refractivity contribution in [3.05, 3.63) is 76.7 Å². The zero-order chi connectivity index (χ0) is 19.6. The molecule has 0 saturated carbocycles. The highest BCUT2D eigenvalue weighted by Gasteiger charge is 2.28. The van der Waals surface area contributed by atoms with E-state index in [0.29, 0.717) is 26.1 Å². The fourth-order valence-electron chi connectivity index (χ4n) is 3.67. The number of benzene rings is 1. The Morgan fingerprint density at radius 1 is 1.14 bits per heavy atom. The van der Waals surface area contributed by atoms with Gasteiger partial charge in [0.2, 0.25) is 5.91 Å². The maximum absolute atomic E-state index is 12.7. The van der Waals surface area contributed by atoms with Crippen molar-refractivity contribution in [3.63, 3.8) is 0 Å². The van der Waals surface area contributed by atoms with E-state index in [2.05, 4.69) is 28.5 Å². The van der Waals surface area contributed by atoms with Gasteiger partial charge in [-0.05, 0) is 34.0 Å². The van der Waals surface area contributed by atoms with Crippen molar-refractivity contribution in [2.75, 3.05) is 19.7 Å². The van der Waals surface area contributed by atoms with Gasteiger partial charge >= 0.3 is 0 Å². The normalized spacial score (nSPS) is 17.0. The van der Waals surface area contributed by atoms with E-state index in [9.17, 15) is 4.79 Å². The minimum Gasteiger partial charge on any atom is -0.368 e. The number of thiophene rings is 1. The fourth-order valence-corrected chi connectivity index (χ4v) is 4.33. The number of morpholine rings is 1. The number of carbonyl (C=O) groups is 1. The molecule has 1 aliphatic heterocycles. The molecule has 0 aliphatic carbocycles. The molecule has 0 spiro atoms. The molecule has 1 saturated heterocycles. The minimum atomic E-state index is -0.268. The van der Waals surface area contributed by atoms with Gasteiger partial charge in [-0.3, -0.25) is 4.79 Å². The smallest absolute Gasteiger partial charge is 0.227 e. The van der Waals surface area contributed by atoms with Crippen LogP contribution in [-0.4, -0.2) is 45.3 Å². The number of carbonyl (C=O) groups excluding carboxylic acids is 1. The highest BCUT2D eigenvalue weighted by Crippen LogP contribution is 2.27. The lowest BCUT2D eigenvalue weighted by atomic mass is 10.1. The lowest BCUT2D eigenvalue weighted by Crippen LogP contribution is -2.43. The van der Waals surface area contributed by atoms with Crippen molar-refractivity contribution in [2.45, 2.75) is 12.5 Å². The number of amides is 1. The third kappa shape index (κ3) is 3.66. The standard InChI is InChI=1S/C22H20N4O2S/c27-21(12-16-8-11-29-15-16)25-9-10-28-20(14-25)22-19-7-6-18(13-26(19)24-23-22)17-4-2-1-3-5-17/h1-8,11,13,15,20H,9-10,12,14H2/t20-/m0/s1. The van der Waals surface area contributed by atoms with Crippen LogP contribution in [0.5, 0.6) is 0 Å². The second-order valence-electron chi connectivity index (χ2n) is 7.10. The summed E-state index contributed by atoms with van der Waals surface area (Å²) in [6, 6.07) is 16.3. The van der Waals surface area contributed by atoms with E-state index in [4.69, 9.17) is 4.74 Å². The average Bonchev–Trinajstić information content (AvgIpc) is 3.43. The SMILES string of the molecule is O=C(Cc1ccsc1)N1CCO[C@H](c2nnn3cc(-c4ccccc4)ccc23)C1. The Hall–Kier alpha value is -3.03. The van der Waals surface area contributed by atoms with Gasteiger partial charge in [0.05, 0.1) is 25.1 Å². The van der Waals surface area contributed by atoms with Crippen LogP contribution in [0.1, 0.15) is 17.4 Å². The molecule has 1 aliphatic rings. The van der Waals surface area contributed by atoms with Crippen LogP contribution in [0.2, 0.25) is 0 Å². The van der Waals surface area contributed by atoms with Crippen molar-refractivity contribution < 1.29 is 9.53 Å². The quantitative estimate of drug-likeness (QED) is 0.521. The van der Waals surface area contributed by atoms with Crippen molar-refractivity contribution in [1.29, 1.82) is 0 Å². The molecule has 0 radical (unpaired) electrons. The summed E-state index contributed by atoms with van der Waals surface area (Å²) in [5.41, 5.74) is 4.95. The van der Waals surface area contributed by atoms with Gasteiger partial charge in [0.1, 0.15) is 11.8 Å². The largest absolute Gasteiger partial charge is 0.368 e. The lowest BCUT2D eigenvalue weighted by Gasteiger charge is -2.32. The van der Waals surface area contributed by atoms with Crippen LogP contribution >= 0.6 is 11.3 Å². The van der Waals surface area contributed by atoms with Crippen LogP contribution in [0.3, 0.4) is 0 Å². The molecule has 0 bridgehead atoms. The summed E-state index contributed by atoms with van der Waals surface area (Å²) in [6.45, 7) is 1.61. The monoisotopic (exact) mass is 404 g/mol. The molecular formula is C22H20N4O2S. The van der Waals surface area contributed by atoms with Crippen LogP contribution in [0.4, 0.5) is 0 Å². The van der Waals surface area contributed by atoms with Crippen molar-refractivity contribution in [3.8, 4) is 11.1 Å². The molecule has 0 unspecified atom stereocenters. The molecule has 146 valence electrons. The first kappa shape index (κ1) is 18.0. The van der Waals surface area contributed by atoms with Gasteiger partial charge in [-0.1, -0.05) is 41.6 Å². The molecule has 1 amide bonds. The maximum Gasteiger partial charge on any atom is 0.227 e. The Bertz CT molecular complexity index is 1120. The Balaban J connectivity index is 1.36. The molecule has 29 heavy (non-hydrogen) atoms. The Labute approximate surface area is 172 Å². The Morgan fingerprint density at radius 2 is 2.03 bits per heavy atom. The Morgan fingerprint density at radius 3 is 2.86 bits per heavy atom. The number of hydrogen-bond acceptors (Lipinski definition) is 5. The van der Waals surface area contributed by atoms with Gasteiger partial charge in [0.15, 0.2) is 0 Å². The first-order chi connectivity index (χ1) is 14.3. The molecule has 5 rings (SSSR count). The molecular weight excluding hydrogens is 384 g/mol. The summed E-state index contributed by atoms with van der Waals surface area (Å²) in [4.78, 5) is 14.5. The number of rotatable bonds is 4. The van der Waals surface area contributed by atoms with E-state index in [1.54, 1.807) is 15.9 Å². The summed E-state index contributed by atoms with van der Waals surface area (Å²) in [7, 11) is 0. The van der Waals surface area contributed by atoms with Crippen molar-refractivity contribution >= 4 is 22.8 Å². The first-order valence-electron chi connectivity index (χ1n) is 9.59. The molecule has 4 aromatic rings. The van der Waals surface area contributed by atoms with Crippen molar-refractivity contribution in [1.82, 2.24) is 19.7 Å². The molecule has 7 heteroatoms. The van der Waals surface area contributed by atoms with Gasteiger partial charge in [-0.25, -0.2) is 4.52 Å². The predicted molar refractivity (Wildman–Crippen MR) is 112 cm³/mol. The summed E-state index contributed by atoms with van der Waals surface area (Å²) in [5.74, 6) is 0.125. The zero-order valence-corrected chi connectivity index (χ0v) is 16.6. The highest BCUT2D eigenvalue weighted by atomic mass is 32.1. The highest BCUT2D eigenvalue weighted by molar-refractivity contribution is 7.08. The van der Waals surface area contributed by atoms with Gasteiger partial charge in [-0.2, -0.15) is 11.3 Å². The summed E-state index contributed by atoms with van der Waals surface area (Å²) < 4.78 is 7.74. The fraction of sp³-hybridized carbons (Fsp3) is 0.227. The third-order valence-corrected chi connectivity index (χ3v) is 5.94. The van der Waals surface area contributed by atoms with E-state index in [0.717, 1.165) is 27.9 Å². The average molecular weight is 404 g/mol. The summed E-state index contributed by atoms with van der Waals surface area (Å²) >= 11 is 1.61. The predicted octanol–water partition coefficient (Wildman–Crippen LogP) is 3.60. The topological polar surface area (TPSA) is 59.7 Å². The molecule has 1 fully saturated rings. The van der Waals surface area contributed by atoms with Crippen LogP contribution < -0.4 is 0 Å². The van der Waals surface area contributed by atoms with Crippen molar-refractivity contribution in [2.24, 2.45) is 0 Å². The summed E-state index contributed by atoms with van der Waals surface area (Å²) in [5, 5.41) is 12.7. The molecule has 6 nitrogen and oxygen atoms in total. The van der Waals surface area contributed by atoms with E-state index < -0.39 is 0 Å². The van der Waals surface area contributed by atoms with Crippen LogP contribution in [0.15, 0.2) is 65.5 Å². The van der Waals surface area contributed by atoms with E-state index in [1.165, 1.54) is 0 Å². The molecule has 3 aromatic heterocycles. The number of hydrogen-bond donors (Lipinski definition) is 0. The first-order valence-corrected chi connectivity index (χ1v) is 10.5. The summed E-state index contributed by atoms with van der Waals surface area (Å²) in [6.07, 6.45) is 2.14. The second-order valence-corrected chi connectivity index (χ2v) is 7.88. The lowest BCUT2D eigenvalue weighted by molar-refractivity contribution is -0.138. The molecule has 4 heterocycles. The van der Waals surface area contributed by atoms with E-state index in [-0.39, 0.29) is 12.0 Å². The number of nitrogens with zero attached hydrogens (tertiary/aromatic N) is 4. The van der Waals surface area contributed by atoms with E-state index >= 15 is 0 Å². The zero-order valence-electron chi connectivity index (χ0n) is 15.8. The Kier molecular flexibility index (Phi) is 4.83. The van der Waals surface area contributed by atoms with E-state index in [1.807, 2.05) is 52.2 Å². The van der Waals surface area contributed by atoms with Crippen LogP contribution in [0.25, 0.3) is 16.6 Å². The molecule has 1 aromatic carbocycles.